The van der Waals surface area contributed by atoms with Gasteiger partial charge in [0.1, 0.15) is 5.82 Å². The van der Waals surface area contributed by atoms with Gasteiger partial charge in [-0.05, 0) is 61.6 Å². The average Bonchev–Trinajstić information content (AvgIpc) is 3.27. The molecule has 1 amide bonds. The molecule has 1 fully saturated rings. The van der Waals surface area contributed by atoms with Crippen LogP contribution in [-0.4, -0.2) is 45.4 Å². The Morgan fingerprint density at radius 2 is 2.14 bits per heavy atom. The van der Waals surface area contributed by atoms with Gasteiger partial charge in [0.25, 0.3) is 0 Å². The number of aryl methyl sites for hydroxylation is 2. The standard InChI is InChI=1S/C23H25N5O/c29-21(10-8-19-7-5-16-3-1-12-24-22(16)26-19)28-14-11-18(15-28)20-9-6-17-4-2-13-25-23(17)27-20/h2,4-7,9,13,18H,1,3,8,10-12,14-15H2,(H,24,26). The van der Waals surface area contributed by atoms with Crippen molar-refractivity contribution in [3.8, 4) is 0 Å². The van der Waals surface area contributed by atoms with Gasteiger partial charge in [0, 0.05) is 54.9 Å². The van der Waals surface area contributed by atoms with E-state index in [9.17, 15) is 4.79 Å². The first-order valence-corrected chi connectivity index (χ1v) is 10.5. The summed E-state index contributed by atoms with van der Waals surface area (Å²) in [6.07, 6.45) is 6.16. The van der Waals surface area contributed by atoms with E-state index in [1.165, 1.54) is 5.56 Å². The van der Waals surface area contributed by atoms with Crippen LogP contribution in [0.25, 0.3) is 11.0 Å². The molecule has 0 bridgehead atoms. The molecule has 1 atom stereocenters. The highest BCUT2D eigenvalue weighted by atomic mass is 16.2. The number of hydrogen-bond donors (Lipinski definition) is 1. The summed E-state index contributed by atoms with van der Waals surface area (Å²) in [5.41, 5.74) is 4.09. The van der Waals surface area contributed by atoms with Crippen LogP contribution in [0.1, 0.15) is 42.1 Å². The predicted octanol–water partition coefficient (Wildman–Crippen LogP) is 3.33. The van der Waals surface area contributed by atoms with Gasteiger partial charge in [-0.15, -0.1) is 0 Å². The Bertz CT molecular complexity index is 1050. The lowest BCUT2D eigenvalue weighted by Crippen LogP contribution is -2.28. The normalized spacial score (nSPS) is 18.5. The van der Waals surface area contributed by atoms with Gasteiger partial charge in [-0.25, -0.2) is 15.0 Å². The lowest BCUT2D eigenvalue weighted by Gasteiger charge is -2.18. The van der Waals surface area contributed by atoms with Gasteiger partial charge < -0.3 is 10.2 Å². The molecule has 5 rings (SSSR count). The lowest BCUT2D eigenvalue weighted by molar-refractivity contribution is -0.130. The molecule has 3 aromatic heterocycles. The summed E-state index contributed by atoms with van der Waals surface area (Å²) in [6.45, 7) is 2.52. The van der Waals surface area contributed by atoms with Crippen molar-refractivity contribution in [1.82, 2.24) is 19.9 Å². The zero-order valence-electron chi connectivity index (χ0n) is 16.5. The third-order valence-corrected chi connectivity index (χ3v) is 5.99. The largest absolute Gasteiger partial charge is 0.370 e. The third-order valence-electron chi connectivity index (χ3n) is 5.99. The fourth-order valence-electron chi connectivity index (χ4n) is 4.32. The van der Waals surface area contributed by atoms with Crippen molar-refractivity contribution in [2.24, 2.45) is 0 Å². The minimum atomic E-state index is 0.207. The van der Waals surface area contributed by atoms with Gasteiger partial charge in [0.15, 0.2) is 5.65 Å². The number of amides is 1. The average molecular weight is 387 g/mol. The van der Waals surface area contributed by atoms with Gasteiger partial charge in [0.05, 0.1) is 0 Å². The molecule has 148 valence electrons. The second-order valence-corrected chi connectivity index (χ2v) is 7.95. The van der Waals surface area contributed by atoms with Crippen molar-refractivity contribution >= 4 is 22.8 Å². The number of nitrogens with zero attached hydrogens (tertiary/aromatic N) is 4. The number of hydrogen-bond acceptors (Lipinski definition) is 5. The van der Waals surface area contributed by atoms with Crippen LogP contribution in [0.5, 0.6) is 0 Å². The van der Waals surface area contributed by atoms with Crippen LogP contribution in [-0.2, 0) is 17.6 Å². The van der Waals surface area contributed by atoms with E-state index in [1.54, 1.807) is 6.20 Å². The highest BCUT2D eigenvalue weighted by Crippen LogP contribution is 2.27. The van der Waals surface area contributed by atoms with Crippen LogP contribution in [0.15, 0.2) is 42.6 Å². The van der Waals surface area contributed by atoms with E-state index in [4.69, 9.17) is 9.97 Å². The molecular weight excluding hydrogens is 362 g/mol. The molecular formula is C23H25N5O. The van der Waals surface area contributed by atoms with Crippen molar-refractivity contribution in [2.75, 3.05) is 25.0 Å². The second kappa shape index (κ2) is 7.78. The predicted molar refractivity (Wildman–Crippen MR) is 113 cm³/mol. The Labute approximate surface area is 170 Å². The Morgan fingerprint density at radius 1 is 1.17 bits per heavy atom. The van der Waals surface area contributed by atoms with E-state index in [-0.39, 0.29) is 11.8 Å². The molecule has 2 aliphatic rings. The van der Waals surface area contributed by atoms with E-state index >= 15 is 0 Å². The fourth-order valence-corrected chi connectivity index (χ4v) is 4.32. The van der Waals surface area contributed by atoms with Crippen molar-refractivity contribution in [2.45, 2.75) is 38.0 Å². The minimum absolute atomic E-state index is 0.207. The zero-order valence-corrected chi connectivity index (χ0v) is 16.5. The van der Waals surface area contributed by atoms with Crippen molar-refractivity contribution in [1.29, 1.82) is 0 Å². The maximum absolute atomic E-state index is 12.7. The molecule has 0 radical (unpaired) electrons. The Balaban J connectivity index is 1.20. The second-order valence-electron chi connectivity index (χ2n) is 7.95. The first kappa shape index (κ1) is 18.0. The summed E-state index contributed by atoms with van der Waals surface area (Å²) in [4.78, 5) is 28.5. The number of pyridine rings is 3. The van der Waals surface area contributed by atoms with E-state index in [2.05, 4.69) is 34.6 Å². The molecule has 6 nitrogen and oxygen atoms in total. The summed E-state index contributed by atoms with van der Waals surface area (Å²) < 4.78 is 0. The number of anilines is 1. The number of carbonyl (C=O) groups is 1. The number of likely N-dealkylation sites (tertiary alicyclic amines) is 1. The molecule has 3 aromatic rings. The van der Waals surface area contributed by atoms with Crippen LogP contribution < -0.4 is 5.32 Å². The van der Waals surface area contributed by atoms with E-state index < -0.39 is 0 Å². The van der Waals surface area contributed by atoms with Gasteiger partial charge in [-0.2, -0.15) is 0 Å². The first-order valence-electron chi connectivity index (χ1n) is 10.5. The number of fused-ring (bicyclic) bond motifs is 2. The quantitative estimate of drug-likeness (QED) is 0.744. The Morgan fingerprint density at radius 3 is 3.10 bits per heavy atom. The van der Waals surface area contributed by atoms with E-state index in [0.29, 0.717) is 12.8 Å². The molecule has 5 heterocycles. The van der Waals surface area contributed by atoms with Gasteiger partial charge in [-0.3, -0.25) is 4.79 Å². The molecule has 0 saturated carbocycles. The van der Waals surface area contributed by atoms with Gasteiger partial charge in [-0.1, -0.05) is 6.07 Å². The number of carbonyl (C=O) groups excluding carboxylic acids is 1. The molecule has 6 heteroatoms. The van der Waals surface area contributed by atoms with Gasteiger partial charge >= 0.3 is 0 Å². The van der Waals surface area contributed by atoms with Crippen LogP contribution in [0, 0.1) is 0 Å². The molecule has 0 aromatic carbocycles. The summed E-state index contributed by atoms with van der Waals surface area (Å²) in [5, 5.41) is 4.41. The molecule has 1 unspecified atom stereocenters. The number of aromatic nitrogens is 3. The highest BCUT2D eigenvalue weighted by molar-refractivity contribution is 5.77. The maximum Gasteiger partial charge on any atom is 0.222 e. The lowest BCUT2D eigenvalue weighted by atomic mass is 10.0. The fraction of sp³-hybridized carbons (Fsp3) is 0.391. The van der Waals surface area contributed by atoms with Crippen molar-refractivity contribution < 1.29 is 4.79 Å². The van der Waals surface area contributed by atoms with Crippen LogP contribution in [0.4, 0.5) is 5.82 Å². The summed E-state index contributed by atoms with van der Waals surface area (Å²) in [6, 6.07) is 12.3. The highest BCUT2D eigenvalue weighted by Gasteiger charge is 2.28. The maximum atomic E-state index is 12.7. The molecule has 0 spiro atoms. The van der Waals surface area contributed by atoms with E-state index in [0.717, 1.165) is 67.1 Å². The monoisotopic (exact) mass is 387 g/mol. The zero-order chi connectivity index (χ0) is 19.6. The van der Waals surface area contributed by atoms with Gasteiger partial charge in [0.2, 0.25) is 5.91 Å². The van der Waals surface area contributed by atoms with Crippen LogP contribution in [0.2, 0.25) is 0 Å². The SMILES string of the molecule is O=C(CCc1ccc2c(n1)NCCC2)N1CCC(c2ccc3cccnc3n2)C1. The summed E-state index contributed by atoms with van der Waals surface area (Å²) >= 11 is 0. The summed E-state index contributed by atoms with van der Waals surface area (Å²) in [7, 11) is 0. The van der Waals surface area contributed by atoms with Crippen molar-refractivity contribution in [3.05, 3.63) is 59.5 Å². The molecule has 1 saturated heterocycles. The summed E-state index contributed by atoms with van der Waals surface area (Å²) in [5.74, 6) is 1.49. The van der Waals surface area contributed by atoms with Crippen LogP contribution >= 0.6 is 0 Å². The topological polar surface area (TPSA) is 71.0 Å². The third kappa shape index (κ3) is 3.79. The van der Waals surface area contributed by atoms with Crippen LogP contribution in [0.3, 0.4) is 0 Å². The molecule has 2 aliphatic heterocycles. The number of nitrogens with one attached hydrogen (secondary N) is 1. The molecule has 29 heavy (non-hydrogen) atoms. The smallest absolute Gasteiger partial charge is 0.222 e. The van der Waals surface area contributed by atoms with E-state index in [1.807, 2.05) is 17.0 Å². The molecule has 0 aliphatic carbocycles. The Hall–Kier alpha value is -3.02. The number of rotatable bonds is 4. The first-order chi connectivity index (χ1) is 14.3. The van der Waals surface area contributed by atoms with Crippen molar-refractivity contribution in [3.63, 3.8) is 0 Å². The Kier molecular flexibility index (Phi) is 4.84. The minimum Gasteiger partial charge on any atom is -0.370 e. The molecule has 1 N–H and O–H groups in total.